The Balaban J connectivity index is 2.15. The van der Waals surface area contributed by atoms with Gasteiger partial charge in [-0.05, 0) is 36.4 Å². The molecule has 6 nitrogen and oxygen atoms in total. The number of anilines is 1. The van der Waals surface area contributed by atoms with Gasteiger partial charge in [0.05, 0.1) is 21.6 Å². The van der Waals surface area contributed by atoms with Crippen molar-refractivity contribution >= 4 is 50.1 Å². The molecule has 2 aromatic carbocycles. The first-order chi connectivity index (χ1) is 12.6. The van der Waals surface area contributed by atoms with Gasteiger partial charge in [0.25, 0.3) is 10.0 Å². The molecule has 1 N–H and O–H groups in total. The Hall–Kier alpha value is -1.90. The molecule has 0 aliphatic carbocycles. The van der Waals surface area contributed by atoms with E-state index < -0.39 is 10.0 Å². The molecule has 144 valence electrons. The molecular formula is C18H20ClN3O3S2. The largest absolute Gasteiger partial charge is 0.328 e. The van der Waals surface area contributed by atoms with E-state index in [9.17, 15) is 13.2 Å². The summed E-state index contributed by atoms with van der Waals surface area (Å²) in [5.74, 6) is 0. The first-order valence-electron chi connectivity index (χ1n) is 8.24. The maximum Gasteiger partial charge on any atom is 0.328 e. The highest BCUT2D eigenvalue weighted by atomic mass is 35.5. The van der Waals surface area contributed by atoms with E-state index in [0.29, 0.717) is 16.2 Å². The van der Waals surface area contributed by atoms with Gasteiger partial charge in [-0.2, -0.15) is 0 Å². The zero-order valence-electron chi connectivity index (χ0n) is 15.4. The highest BCUT2D eigenvalue weighted by molar-refractivity contribution is 8.00. The SMILES string of the molecule is CC(C)Sc1cc2c(cc1NS(=O)(=O)c1ccc(Cl)cc1)n(C)c(=O)n2C. The highest BCUT2D eigenvalue weighted by Crippen LogP contribution is 2.35. The third-order valence-corrected chi connectivity index (χ3v) is 6.80. The van der Waals surface area contributed by atoms with E-state index in [-0.39, 0.29) is 15.8 Å². The fraction of sp³-hybridized carbons (Fsp3) is 0.278. The standard InChI is InChI=1S/C18H20ClN3O3S2/c1-11(2)26-17-10-16-15(21(3)18(23)22(16)4)9-14(17)20-27(24,25)13-7-5-12(19)6-8-13/h5-11,20H,1-4H3. The molecule has 0 amide bonds. The number of hydrogen-bond acceptors (Lipinski definition) is 4. The molecule has 0 aliphatic heterocycles. The van der Waals surface area contributed by atoms with Crippen molar-refractivity contribution in [2.75, 3.05) is 4.72 Å². The van der Waals surface area contributed by atoms with Crippen LogP contribution in [0, 0.1) is 0 Å². The van der Waals surface area contributed by atoms with Gasteiger partial charge in [0, 0.05) is 29.3 Å². The Labute approximate surface area is 167 Å². The zero-order chi connectivity index (χ0) is 19.9. The minimum atomic E-state index is -3.79. The van der Waals surface area contributed by atoms with Crippen molar-refractivity contribution in [1.82, 2.24) is 9.13 Å². The number of halogens is 1. The minimum Gasteiger partial charge on any atom is -0.295 e. The van der Waals surface area contributed by atoms with Gasteiger partial charge < -0.3 is 0 Å². The van der Waals surface area contributed by atoms with Crippen LogP contribution >= 0.6 is 23.4 Å². The fourth-order valence-electron chi connectivity index (χ4n) is 2.77. The summed E-state index contributed by atoms with van der Waals surface area (Å²) in [6, 6.07) is 9.53. The number of sulfonamides is 1. The smallest absolute Gasteiger partial charge is 0.295 e. The molecule has 1 heterocycles. The summed E-state index contributed by atoms with van der Waals surface area (Å²) >= 11 is 7.38. The van der Waals surface area contributed by atoms with Crippen LogP contribution < -0.4 is 10.4 Å². The number of nitrogens with one attached hydrogen (secondary N) is 1. The van der Waals surface area contributed by atoms with E-state index in [1.165, 1.54) is 40.6 Å². The van der Waals surface area contributed by atoms with Gasteiger partial charge in [0.15, 0.2) is 0 Å². The molecular weight excluding hydrogens is 406 g/mol. The summed E-state index contributed by atoms with van der Waals surface area (Å²) in [4.78, 5) is 13.1. The Kier molecular flexibility index (Phi) is 5.33. The average Bonchev–Trinajstić information content (AvgIpc) is 2.79. The topological polar surface area (TPSA) is 73.1 Å². The summed E-state index contributed by atoms with van der Waals surface area (Å²) in [7, 11) is -0.425. The second kappa shape index (κ2) is 7.26. The van der Waals surface area contributed by atoms with Crippen molar-refractivity contribution < 1.29 is 8.42 Å². The maximum atomic E-state index is 12.8. The Morgan fingerprint density at radius 1 is 1.04 bits per heavy atom. The van der Waals surface area contributed by atoms with Crippen LogP contribution in [0.15, 0.2) is 51.0 Å². The van der Waals surface area contributed by atoms with Crippen molar-refractivity contribution in [3.63, 3.8) is 0 Å². The third-order valence-electron chi connectivity index (χ3n) is 4.10. The van der Waals surface area contributed by atoms with E-state index in [4.69, 9.17) is 11.6 Å². The van der Waals surface area contributed by atoms with Crippen molar-refractivity contribution in [3.8, 4) is 0 Å². The Morgan fingerprint density at radius 3 is 2.15 bits per heavy atom. The minimum absolute atomic E-state index is 0.120. The fourth-order valence-corrected chi connectivity index (χ4v) is 4.96. The zero-order valence-corrected chi connectivity index (χ0v) is 17.7. The van der Waals surface area contributed by atoms with Crippen LogP contribution in [-0.4, -0.2) is 22.8 Å². The number of benzene rings is 2. The molecule has 27 heavy (non-hydrogen) atoms. The summed E-state index contributed by atoms with van der Waals surface area (Å²) in [5.41, 5.74) is 1.69. The summed E-state index contributed by atoms with van der Waals surface area (Å²) in [5, 5.41) is 0.702. The summed E-state index contributed by atoms with van der Waals surface area (Å²) < 4.78 is 31.3. The van der Waals surface area contributed by atoms with E-state index in [1.54, 1.807) is 24.7 Å². The predicted molar refractivity (Wildman–Crippen MR) is 111 cm³/mol. The van der Waals surface area contributed by atoms with Crippen molar-refractivity contribution in [2.45, 2.75) is 28.9 Å². The monoisotopic (exact) mass is 425 g/mol. The number of nitrogens with zero attached hydrogens (tertiary/aromatic N) is 2. The van der Waals surface area contributed by atoms with Gasteiger partial charge in [0.1, 0.15) is 0 Å². The van der Waals surface area contributed by atoms with Gasteiger partial charge in [0.2, 0.25) is 0 Å². The van der Waals surface area contributed by atoms with Crippen LogP contribution in [0.25, 0.3) is 11.0 Å². The number of imidazole rings is 1. The average molecular weight is 426 g/mol. The van der Waals surface area contributed by atoms with Crippen LogP contribution in [0.3, 0.4) is 0 Å². The van der Waals surface area contributed by atoms with E-state index in [0.717, 1.165) is 10.4 Å². The molecule has 0 saturated carbocycles. The molecule has 0 saturated heterocycles. The predicted octanol–water partition coefficient (Wildman–Crippen LogP) is 3.83. The van der Waals surface area contributed by atoms with Crippen molar-refractivity contribution in [3.05, 3.63) is 51.9 Å². The third kappa shape index (κ3) is 3.88. The van der Waals surface area contributed by atoms with E-state index in [2.05, 4.69) is 4.72 Å². The van der Waals surface area contributed by atoms with Gasteiger partial charge in [-0.1, -0.05) is 25.4 Å². The van der Waals surface area contributed by atoms with Gasteiger partial charge >= 0.3 is 5.69 Å². The molecule has 0 bridgehead atoms. The quantitative estimate of drug-likeness (QED) is 0.630. The van der Waals surface area contributed by atoms with Gasteiger partial charge in [-0.25, -0.2) is 13.2 Å². The number of hydrogen-bond donors (Lipinski definition) is 1. The Bertz CT molecular complexity index is 1160. The molecule has 0 fully saturated rings. The molecule has 0 spiro atoms. The number of aryl methyl sites for hydroxylation is 2. The lowest BCUT2D eigenvalue weighted by Crippen LogP contribution is -2.19. The normalized spacial score (nSPS) is 12.1. The van der Waals surface area contributed by atoms with Crippen LogP contribution in [0.2, 0.25) is 5.02 Å². The highest BCUT2D eigenvalue weighted by Gasteiger charge is 2.19. The molecule has 0 aliphatic rings. The molecule has 3 aromatic rings. The second-order valence-corrected chi connectivity index (χ2v) is 10.2. The van der Waals surface area contributed by atoms with Crippen LogP contribution in [0.1, 0.15) is 13.8 Å². The van der Waals surface area contributed by atoms with Gasteiger partial charge in [-0.3, -0.25) is 13.9 Å². The second-order valence-electron chi connectivity index (χ2n) is 6.46. The maximum absolute atomic E-state index is 12.8. The summed E-state index contributed by atoms with van der Waals surface area (Å²) in [6.07, 6.45) is 0. The first-order valence-corrected chi connectivity index (χ1v) is 11.0. The van der Waals surface area contributed by atoms with Crippen LogP contribution in [-0.2, 0) is 24.1 Å². The summed E-state index contributed by atoms with van der Waals surface area (Å²) in [6.45, 7) is 4.05. The van der Waals surface area contributed by atoms with Crippen LogP contribution in [0.5, 0.6) is 0 Å². The van der Waals surface area contributed by atoms with Crippen LogP contribution in [0.4, 0.5) is 5.69 Å². The lowest BCUT2D eigenvalue weighted by molar-refractivity contribution is 0.601. The lowest BCUT2D eigenvalue weighted by atomic mass is 10.3. The molecule has 0 atom stereocenters. The number of thioether (sulfide) groups is 1. The Morgan fingerprint density at radius 2 is 1.59 bits per heavy atom. The number of rotatable bonds is 5. The van der Waals surface area contributed by atoms with Crippen molar-refractivity contribution in [2.24, 2.45) is 14.1 Å². The number of aromatic nitrogens is 2. The lowest BCUT2D eigenvalue weighted by Gasteiger charge is -2.15. The van der Waals surface area contributed by atoms with E-state index >= 15 is 0 Å². The molecule has 1 aromatic heterocycles. The molecule has 0 radical (unpaired) electrons. The molecule has 9 heteroatoms. The van der Waals surface area contributed by atoms with E-state index in [1.807, 2.05) is 19.9 Å². The molecule has 3 rings (SSSR count). The van der Waals surface area contributed by atoms with Crippen molar-refractivity contribution in [1.29, 1.82) is 0 Å². The first kappa shape index (κ1) is 19.9. The molecule has 0 unspecified atom stereocenters. The van der Waals surface area contributed by atoms with Gasteiger partial charge in [-0.15, -0.1) is 11.8 Å². The number of fused-ring (bicyclic) bond motifs is 1.